The van der Waals surface area contributed by atoms with Crippen LogP contribution in [0.3, 0.4) is 0 Å². The summed E-state index contributed by atoms with van der Waals surface area (Å²) in [5.74, 6) is 1.47. The Balaban J connectivity index is 1.39. The Bertz CT molecular complexity index is 770. The molecule has 0 saturated heterocycles. The first-order chi connectivity index (χ1) is 11.3. The summed E-state index contributed by atoms with van der Waals surface area (Å²) in [7, 11) is 0. The zero-order valence-corrected chi connectivity index (χ0v) is 12.7. The van der Waals surface area contributed by atoms with Gasteiger partial charge in [-0.1, -0.05) is 24.3 Å². The van der Waals surface area contributed by atoms with Crippen LogP contribution in [0.25, 0.3) is 5.65 Å². The highest BCUT2D eigenvalue weighted by atomic mass is 16.5. The van der Waals surface area contributed by atoms with Crippen molar-refractivity contribution in [1.29, 1.82) is 0 Å². The molecular formula is C17H18N4O2. The molecule has 3 rings (SSSR count). The minimum atomic E-state index is -0.125. The molecule has 0 bridgehead atoms. The molecule has 0 saturated carbocycles. The van der Waals surface area contributed by atoms with Gasteiger partial charge in [0.2, 0.25) is 0 Å². The molecule has 0 spiro atoms. The Morgan fingerprint density at radius 3 is 2.78 bits per heavy atom. The van der Waals surface area contributed by atoms with Crippen molar-refractivity contribution in [3.05, 3.63) is 60.6 Å². The smallest absolute Gasteiger partial charge is 0.257 e. The number of benzene rings is 1. The van der Waals surface area contributed by atoms with Gasteiger partial charge in [0.05, 0.1) is 0 Å². The van der Waals surface area contributed by atoms with Crippen molar-refractivity contribution in [1.82, 2.24) is 19.9 Å². The molecule has 1 aromatic carbocycles. The Morgan fingerprint density at radius 2 is 1.91 bits per heavy atom. The highest BCUT2D eigenvalue weighted by molar-refractivity contribution is 5.77. The molecule has 0 aliphatic carbocycles. The van der Waals surface area contributed by atoms with Crippen LogP contribution in [0.15, 0.2) is 54.7 Å². The number of aryl methyl sites for hydroxylation is 1. The molecule has 0 aliphatic rings. The van der Waals surface area contributed by atoms with Crippen molar-refractivity contribution in [3.8, 4) is 5.75 Å². The molecule has 0 unspecified atom stereocenters. The molecular weight excluding hydrogens is 292 g/mol. The highest BCUT2D eigenvalue weighted by Gasteiger charge is 2.05. The van der Waals surface area contributed by atoms with E-state index in [-0.39, 0.29) is 12.5 Å². The van der Waals surface area contributed by atoms with Crippen LogP contribution in [-0.2, 0) is 11.2 Å². The van der Waals surface area contributed by atoms with E-state index in [1.165, 1.54) is 0 Å². The summed E-state index contributed by atoms with van der Waals surface area (Å²) >= 11 is 0. The fraction of sp³-hybridized carbons (Fsp3) is 0.235. The van der Waals surface area contributed by atoms with Crippen molar-refractivity contribution in [2.75, 3.05) is 13.2 Å². The van der Waals surface area contributed by atoms with E-state index in [0.29, 0.717) is 12.3 Å². The monoisotopic (exact) mass is 310 g/mol. The van der Waals surface area contributed by atoms with Gasteiger partial charge < -0.3 is 10.1 Å². The summed E-state index contributed by atoms with van der Waals surface area (Å²) in [6, 6.07) is 15.1. The SMILES string of the molecule is O=C(COc1ccccc1)NCCCc1nnc2ccccn12. The summed E-state index contributed by atoms with van der Waals surface area (Å²) in [4.78, 5) is 11.7. The molecule has 2 aromatic heterocycles. The van der Waals surface area contributed by atoms with Crippen LogP contribution < -0.4 is 10.1 Å². The first-order valence-electron chi connectivity index (χ1n) is 7.56. The van der Waals surface area contributed by atoms with Crippen LogP contribution in [0.4, 0.5) is 0 Å². The number of fused-ring (bicyclic) bond motifs is 1. The number of rotatable bonds is 7. The second-order valence-electron chi connectivity index (χ2n) is 5.10. The Morgan fingerprint density at radius 1 is 1.09 bits per heavy atom. The van der Waals surface area contributed by atoms with E-state index in [9.17, 15) is 4.79 Å². The predicted molar refractivity (Wildman–Crippen MR) is 86.3 cm³/mol. The van der Waals surface area contributed by atoms with Gasteiger partial charge in [0.25, 0.3) is 5.91 Å². The minimum absolute atomic E-state index is 0.0257. The quantitative estimate of drug-likeness (QED) is 0.676. The second kappa shape index (κ2) is 7.40. The van der Waals surface area contributed by atoms with Gasteiger partial charge in [-0.25, -0.2) is 0 Å². The van der Waals surface area contributed by atoms with E-state index in [1.54, 1.807) is 0 Å². The Hall–Kier alpha value is -2.89. The summed E-state index contributed by atoms with van der Waals surface area (Å²) in [6.07, 6.45) is 3.49. The number of aromatic nitrogens is 3. The van der Waals surface area contributed by atoms with Crippen molar-refractivity contribution in [2.24, 2.45) is 0 Å². The molecule has 6 nitrogen and oxygen atoms in total. The molecule has 1 N–H and O–H groups in total. The van der Waals surface area contributed by atoms with E-state index >= 15 is 0 Å². The summed E-state index contributed by atoms with van der Waals surface area (Å²) in [6.45, 7) is 0.608. The number of amides is 1. The number of pyridine rings is 1. The van der Waals surface area contributed by atoms with Gasteiger partial charge in [-0.15, -0.1) is 10.2 Å². The average molecular weight is 310 g/mol. The minimum Gasteiger partial charge on any atom is -0.484 e. The van der Waals surface area contributed by atoms with E-state index < -0.39 is 0 Å². The van der Waals surface area contributed by atoms with Crippen molar-refractivity contribution < 1.29 is 9.53 Å². The van der Waals surface area contributed by atoms with Crippen LogP contribution in [0, 0.1) is 0 Å². The van der Waals surface area contributed by atoms with E-state index in [4.69, 9.17) is 4.74 Å². The maximum Gasteiger partial charge on any atom is 0.257 e. The number of carbonyl (C=O) groups excluding carboxylic acids is 1. The van der Waals surface area contributed by atoms with E-state index in [1.807, 2.05) is 59.1 Å². The summed E-state index contributed by atoms with van der Waals surface area (Å²) in [5.41, 5.74) is 0.836. The van der Waals surface area contributed by atoms with Gasteiger partial charge >= 0.3 is 0 Å². The number of para-hydroxylation sites is 1. The largest absolute Gasteiger partial charge is 0.484 e. The lowest BCUT2D eigenvalue weighted by molar-refractivity contribution is -0.123. The van der Waals surface area contributed by atoms with Crippen molar-refractivity contribution >= 4 is 11.6 Å². The fourth-order valence-corrected chi connectivity index (χ4v) is 2.25. The van der Waals surface area contributed by atoms with Crippen LogP contribution >= 0.6 is 0 Å². The maximum absolute atomic E-state index is 11.7. The van der Waals surface area contributed by atoms with Crippen LogP contribution in [0.2, 0.25) is 0 Å². The van der Waals surface area contributed by atoms with E-state index in [2.05, 4.69) is 15.5 Å². The lowest BCUT2D eigenvalue weighted by atomic mass is 10.3. The third kappa shape index (κ3) is 4.06. The normalized spacial score (nSPS) is 10.6. The Labute approximate surface area is 134 Å². The van der Waals surface area contributed by atoms with Crippen LogP contribution in [-0.4, -0.2) is 33.7 Å². The lowest BCUT2D eigenvalue weighted by Gasteiger charge is -2.07. The molecule has 0 fully saturated rings. The first-order valence-corrected chi connectivity index (χ1v) is 7.56. The van der Waals surface area contributed by atoms with Gasteiger partial charge in [-0.05, 0) is 30.7 Å². The molecule has 6 heteroatoms. The van der Waals surface area contributed by atoms with Gasteiger partial charge in [0.15, 0.2) is 12.3 Å². The zero-order chi connectivity index (χ0) is 15.9. The number of carbonyl (C=O) groups is 1. The van der Waals surface area contributed by atoms with E-state index in [0.717, 1.165) is 24.3 Å². The molecule has 0 radical (unpaired) electrons. The molecule has 3 aromatic rings. The topological polar surface area (TPSA) is 68.5 Å². The lowest BCUT2D eigenvalue weighted by Crippen LogP contribution is -2.30. The van der Waals surface area contributed by atoms with Crippen LogP contribution in [0.1, 0.15) is 12.2 Å². The molecule has 0 atom stereocenters. The summed E-state index contributed by atoms with van der Waals surface area (Å²) < 4.78 is 7.35. The number of nitrogens with one attached hydrogen (secondary N) is 1. The zero-order valence-electron chi connectivity index (χ0n) is 12.7. The predicted octanol–water partition coefficient (Wildman–Crippen LogP) is 1.86. The number of ether oxygens (including phenoxy) is 1. The molecule has 23 heavy (non-hydrogen) atoms. The van der Waals surface area contributed by atoms with Crippen molar-refractivity contribution in [2.45, 2.75) is 12.8 Å². The Kier molecular flexibility index (Phi) is 4.83. The van der Waals surface area contributed by atoms with Crippen LogP contribution in [0.5, 0.6) is 5.75 Å². The maximum atomic E-state index is 11.7. The number of hydrogen-bond donors (Lipinski definition) is 1. The third-order valence-corrected chi connectivity index (χ3v) is 3.40. The molecule has 0 aliphatic heterocycles. The third-order valence-electron chi connectivity index (χ3n) is 3.40. The second-order valence-corrected chi connectivity index (χ2v) is 5.10. The molecule has 1 amide bonds. The van der Waals surface area contributed by atoms with Gasteiger partial charge in [0, 0.05) is 19.2 Å². The average Bonchev–Trinajstić information content (AvgIpc) is 3.01. The van der Waals surface area contributed by atoms with Gasteiger partial charge in [0.1, 0.15) is 11.6 Å². The number of hydrogen-bond acceptors (Lipinski definition) is 4. The molecule has 118 valence electrons. The number of nitrogens with zero attached hydrogens (tertiary/aromatic N) is 3. The highest BCUT2D eigenvalue weighted by Crippen LogP contribution is 2.07. The first kappa shape index (κ1) is 15.0. The fourth-order valence-electron chi connectivity index (χ4n) is 2.25. The standard InChI is InChI=1S/C17H18N4O2/c22-17(13-23-14-7-2-1-3-8-14)18-11-6-10-16-20-19-15-9-4-5-12-21(15)16/h1-5,7-9,12H,6,10-11,13H2,(H,18,22). The van der Waals surface area contributed by atoms with Gasteiger partial charge in [-0.2, -0.15) is 0 Å². The summed E-state index contributed by atoms with van der Waals surface area (Å²) in [5, 5.41) is 11.1. The molecule has 2 heterocycles. The van der Waals surface area contributed by atoms with Crippen molar-refractivity contribution in [3.63, 3.8) is 0 Å². The van der Waals surface area contributed by atoms with Gasteiger partial charge in [-0.3, -0.25) is 9.20 Å².